The van der Waals surface area contributed by atoms with Crippen LogP contribution in [0, 0.1) is 21.4 Å². The maximum atomic E-state index is 10.8. The van der Waals surface area contributed by atoms with Crippen molar-refractivity contribution >= 4 is 21.6 Å². The average Bonchev–Trinajstić information content (AvgIpc) is 2.26. The second kappa shape index (κ2) is 6.48. The number of halogens is 1. The van der Waals surface area contributed by atoms with Crippen molar-refractivity contribution in [1.29, 1.82) is 0 Å². The van der Waals surface area contributed by atoms with E-state index in [4.69, 9.17) is 0 Å². The largest absolute Gasteiger partial charge is 0.312 e. The van der Waals surface area contributed by atoms with E-state index in [-0.39, 0.29) is 16.0 Å². The Morgan fingerprint density at radius 2 is 2.00 bits per heavy atom. The van der Waals surface area contributed by atoms with Gasteiger partial charge in [-0.1, -0.05) is 43.6 Å². The predicted molar refractivity (Wildman–Crippen MR) is 81.1 cm³/mol. The summed E-state index contributed by atoms with van der Waals surface area (Å²) in [7, 11) is 0. The molecule has 0 radical (unpaired) electrons. The fourth-order valence-corrected chi connectivity index (χ4v) is 2.11. The summed E-state index contributed by atoms with van der Waals surface area (Å²) in [6, 6.07) is 5.03. The Balaban J connectivity index is 2.61. The normalized spacial score (nSPS) is 13.3. The molecule has 0 saturated heterocycles. The summed E-state index contributed by atoms with van der Waals surface area (Å²) < 4.78 is 0.738. The highest BCUT2D eigenvalue weighted by atomic mass is 79.9. The zero-order valence-corrected chi connectivity index (χ0v) is 13.5. The summed E-state index contributed by atoms with van der Waals surface area (Å²) in [6.45, 7) is 10.4. The lowest BCUT2D eigenvalue weighted by atomic mass is 9.82. The summed E-state index contributed by atoms with van der Waals surface area (Å²) in [5.74, 6) is 0.537. The first-order chi connectivity index (χ1) is 8.70. The molecule has 19 heavy (non-hydrogen) atoms. The van der Waals surface area contributed by atoms with Crippen molar-refractivity contribution in [1.82, 2.24) is 5.32 Å². The lowest BCUT2D eigenvalue weighted by molar-refractivity contribution is -0.385. The lowest BCUT2D eigenvalue weighted by Gasteiger charge is -2.27. The smallest absolute Gasteiger partial charge is 0.270 e. The van der Waals surface area contributed by atoms with E-state index in [2.05, 4.69) is 48.9 Å². The van der Waals surface area contributed by atoms with Crippen LogP contribution < -0.4 is 5.32 Å². The van der Waals surface area contributed by atoms with Gasteiger partial charge in [-0.05, 0) is 29.5 Å². The van der Waals surface area contributed by atoms with Crippen molar-refractivity contribution in [3.05, 3.63) is 38.3 Å². The third kappa shape index (κ3) is 5.28. The second-order valence-corrected chi connectivity index (χ2v) is 6.89. The van der Waals surface area contributed by atoms with Gasteiger partial charge in [0.1, 0.15) is 0 Å². The molecule has 0 fully saturated rings. The van der Waals surface area contributed by atoms with E-state index >= 15 is 0 Å². The zero-order chi connectivity index (χ0) is 14.6. The van der Waals surface area contributed by atoms with Crippen LogP contribution in [0.25, 0.3) is 0 Å². The molecule has 1 N–H and O–H groups in total. The number of nitrogens with zero attached hydrogens (tertiary/aromatic N) is 1. The van der Waals surface area contributed by atoms with E-state index in [1.807, 2.05) is 6.07 Å². The number of non-ortho nitro benzene ring substituents is 1. The third-order valence-electron chi connectivity index (χ3n) is 3.41. The fraction of sp³-hybridized carbons (Fsp3) is 0.571. The first-order valence-electron chi connectivity index (χ1n) is 6.34. The number of rotatable bonds is 5. The number of nitrogens with one attached hydrogen (secondary N) is 1. The van der Waals surface area contributed by atoms with Crippen LogP contribution in [-0.2, 0) is 6.54 Å². The van der Waals surface area contributed by atoms with Crippen LogP contribution in [0.2, 0.25) is 0 Å². The van der Waals surface area contributed by atoms with E-state index in [1.165, 1.54) is 6.07 Å². The number of benzene rings is 1. The minimum absolute atomic E-state index is 0.120. The molecule has 5 heteroatoms. The quantitative estimate of drug-likeness (QED) is 0.653. The molecule has 0 bridgehead atoms. The zero-order valence-electron chi connectivity index (χ0n) is 11.9. The highest BCUT2D eigenvalue weighted by Crippen LogP contribution is 2.25. The van der Waals surface area contributed by atoms with E-state index < -0.39 is 0 Å². The van der Waals surface area contributed by atoms with E-state index in [0.29, 0.717) is 12.5 Å². The van der Waals surface area contributed by atoms with Crippen LogP contribution >= 0.6 is 15.9 Å². The molecule has 1 unspecified atom stereocenters. The van der Waals surface area contributed by atoms with Crippen molar-refractivity contribution in [2.24, 2.45) is 11.3 Å². The predicted octanol–water partition coefficient (Wildman–Crippen LogP) is 4.13. The number of nitro groups is 1. The van der Waals surface area contributed by atoms with Gasteiger partial charge in [-0.3, -0.25) is 10.1 Å². The summed E-state index contributed by atoms with van der Waals surface area (Å²) in [5, 5.41) is 14.1. The van der Waals surface area contributed by atoms with Gasteiger partial charge in [0.05, 0.1) is 4.92 Å². The van der Waals surface area contributed by atoms with Crippen LogP contribution in [0.1, 0.15) is 33.3 Å². The van der Waals surface area contributed by atoms with Gasteiger partial charge in [-0.25, -0.2) is 0 Å². The van der Waals surface area contributed by atoms with Crippen molar-refractivity contribution < 1.29 is 4.92 Å². The third-order valence-corrected chi connectivity index (χ3v) is 3.87. The summed E-state index contributed by atoms with van der Waals surface area (Å²) in [6.07, 6.45) is 0. The highest BCUT2D eigenvalue weighted by Gasteiger charge is 2.19. The van der Waals surface area contributed by atoms with Crippen LogP contribution in [0.3, 0.4) is 0 Å². The lowest BCUT2D eigenvalue weighted by Crippen LogP contribution is -2.29. The van der Waals surface area contributed by atoms with Gasteiger partial charge in [0.2, 0.25) is 0 Å². The van der Waals surface area contributed by atoms with Gasteiger partial charge in [-0.2, -0.15) is 0 Å². The fourth-order valence-electron chi connectivity index (χ4n) is 1.58. The number of hydrogen-bond acceptors (Lipinski definition) is 3. The van der Waals surface area contributed by atoms with Gasteiger partial charge >= 0.3 is 0 Å². The molecular formula is C14H21BrN2O2. The molecule has 0 aliphatic heterocycles. The maximum Gasteiger partial charge on any atom is 0.270 e. The Morgan fingerprint density at radius 1 is 1.37 bits per heavy atom. The van der Waals surface area contributed by atoms with Crippen molar-refractivity contribution in [3.8, 4) is 0 Å². The minimum atomic E-state index is -0.369. The molecule has 0 aromatic heterocycles. The standard InChI is InChI=1S/C14H21BrN2O2/c1-10(14(2,3)4)8-16-9-11-5-12(15)7-13(6-11)17(18)19/h5-7,10,16H,8-9H2,1-4H3. The summed E-state index contributed by atoms with van der Waals surface area (Å²) >= 11 is 3.30. The van der Waals surface area contributed by atoms with Crippen molar-refractivity contribution in [2.45, 2.75) is 34.2 Å². The molecule has 0 amide bonds. The molecular weight excluding hydrogens is 308 g/mol. The molecule has 1 aromatic carbocycles. The van der Waals surface area contributed by atoms with E-state index in [9.17, 15) is 10.1 Å². The molecule has 1 aromatic rings. The Kier molecular flexibility index (Phi) is 5.50. The molecule has 0 heterocycles. The molecule has 0 saturated carbocycles. The first-order valence-corrected chi connectivity index (χ1v) is 7.14. The van der Waals surface area contributed by atoms with E-state index in [1.54, 1.807) is 6.07 Å². The first kappa shape index (κ1) is 16.1. The Labute approximate surface area is 122 Å². The van der Waals surface area contributed by atoms with Crippen LogP contribution in [0.5, 0.6) is 0 Å². The SMILES string of the molecule is CC(CNCc1cc(Br)cc([N+](=O)[O-])c1)C(C)(C)C. The molecule has 1 rings (SSSR count). The maximum absolute atomic E-state index is 10.8. The molecule has 1 atom stereocenters. The van der Waals surface area contributed by atoms with Crippen molar-refractivity contribution in [3.63, 3.8) is 0 Å². The monoisotopic (exact) mass is 328 g/mol. The van der Waals surface area contributed by atoms with Gasteiger partial charge in [-0.15, -0.1) is 0 Å². The Morgan fingerprint density at radius 3 is 2.53 bits per heavy atom. The Bertz CT molecular complexity index is 455. The summed E-state index contributed by atoms with van der Waals surface area (Å²) in [5.41, 5.74) is 1.30. The summed E-state index contributed by atoms with van der Waals surface area (Å²) in [4.78, 5) is 10.4. The van der Waals surface area contributed by atoms with Crippen molar-refractivity contribution in [2.75, 3.05) is 6.54 Å². The second-order valence-electron chi connectivity index (χ2n) is 5.97. The number of hydrogen-bond donors (Lipinski definition) is 1. The van der Waals surface area contributed by atoms with Gasteiger partial charge < -0.3 is 5.32 Å². The minimum Gasteiger partial charge on any atom is -0.312 e. The molecule has 0 aliphatic rings. The van der Waals surface area contributed by atoms with Gasteiger partial charge in [0.15, 0.2) is 0 Å². The van der Waals surface area contributed by atoms with Gasteiger partial charge in [0.25, 0.3) is 5.69 Å². The molecule has 106 valence electrons. The topological polar surface area (TPSA) is 55.2 Å². The molecule has 0 aliphatic carbocycles. The average molecular weight is 329 g/mol. The van der Waals surface area contributed by atoms with E-state index in [0.717, 1.165) is 16.6 Å². The van der Waals surface area contributed by atoms with Gasteiger partial charge in [0, 0.05) is 23.2 Å². The number of nitro benzene ring substituents is 1. The highest BCUT2D eigenvalue weighted by molar-refractivity contribution is 9.10. The van der Waals surface area contributed by atoms with Crippen LogP contribution in [0.15, 0.2) is 22.7 Å². The van der Waals surface area contributed by atoms with Crippen LogP contribution in [-0.4, -0.2) is 11.5 Å². The Hall–Kier alpha value is -0.940. The molecule has 0 spiro atoms. The van der Waals surface area contributed by atoms with Crippen LogP contribution in [0.4, 0.5) is 5.69 Å². The molecule has 4 nitrogen and oxygen atoms in total.